The number of piperidine rings is 1. The Hall–Kier alpha value is -4.77. The number of allylic oxidation sites excluding steroid dienone is 1. The average molecular weight is 910 g/mol. The van der Waals surface area contributed by atoms with Crippen molar-refractivity contribution >= 4 is 34.4 Å². The van der Waals surface area contributed by atoms with Crippen LogP contribution < -0.4 is 20.7 Å². The van der Waals surface area contributed by atoms with Gasteiger partial charge in [0.05, 0.1) is 39.8 Å². The molecule has 3 aromatic rings. The van der Waals surface area contributed by atoms with Gasteiger partial charge in [0.15, 0.2) is 17.5 Å². The standard InChI is InChI=1S/C51H68N6O9/c1-7-48(62)28-33(40-29-57(40,30-48)23-17-35-34-13-9-10-14-37(34)54-38(35)26-42(58)65-6)16-15-32-25-36-39(27-41(32)64-5)55(4)45-50(36)19-22-56-21-11-18-49(8-2,44(50)56)46(60)51(45,63)47(61)53-20-12-24-66-43(59)31(3)52/h9-11,13-14,18,25,27,29,31,33,44-46,54,60,62-63H,7-8,12,15-17,19-24,26,28,30,52H2,1-6H3/p+1. The number of aromatic nitrogens is 1. The molecule has 1 amide bonds. The number of anilines is 1. The number of aliphatic hydroxyl groups excluding tert-OH is 1. The number of aromatic amines is 1. The van der Waals surface area contributed by atoms with Gasteiger partial charge in [0.25, 0.3) is 5.91 Å². The van der Waals surface area contributed by atoms with Crippen molar-refractivity contribution in [2.24, 2.45) is 17.1 Å². The molecule has 1 aliphatic carbocycles. The normalized spacial score (nSPS) is 33.1. The topological polar surface area (TPSA) is 200 Å². The minimum absolute atomic E-state index is 0.0573. The first-order valence-corrected chi connectivity index (χ1v) is 24.0. The first-order chi connectivity index (χ1) is 31.6. The van der Waals surface area contributed by atoms with E-state index in [0.717, 1.165) is 70.7 Å². The number of carbonyl (C=O) groups excluding carboxylic acids is 3. The van der Waals surface area contributed by atoms with Crippen LogP contribution in [-0.2, 0) is 48.5 Å². The number of likely N-dealkylation sites (N-methyl/N-ethyl adjacent to an activating group) is 1. The second kappa shape index (κ2) is 17.1. The molecule has 1 aromatic heterocycles. The number of nitrogens with two attached hydrogens (primary N) is 1. The summed E-state index contributed by atoms with van der Waals surface area (Å²) in [5.41, 5.74) is 8.21. The third-order valence-electron chi connectivity index (χ3n) is 16.7. The number of hydrogen-bond donors (Lipinski definition) is 6. The summed E-state index contributed by atoms with van der Waals surface area (Å²) in [7, 11) is 5.00. The zero-order valence-electron chi connectivity index (χ0n) is 39.4. The van der Waals surface area contributed by atoms with Crippen LogP contribution in [0.2, 0.25) is 0 Å². The zero-order chi connectivity index (χ0) is 47.0. The predicted molar refractivity (Wildman–Crippen MR) is 249 cm³/mol. The highest BCUT2D eigenvalue weighted by Gasteiger charge is 2.78. The largest absolute Gasteiger partial charge is 0.496 e. The van der Waals surface area contributed by atoms with Crippen LogP contribution in [0.25, 0.3) is 10.9 Å². The molecule has 356 valence electrons. The second-order valence-electron chi connectivity index (χ2n) is 20.2. The Bertz CT molecular complexity index is 2470. The van der Waals surface area contributed by atoms with E-state index in [1.807, 2.05) is 37.1 Å². The molecule has 1 saturated carbocycles. The number of aliphatic hydroxyl groups is 3. The van der Waals surface area contributed by atoms with E-state index < -0.39 is 52.1 Å². The number of amides is 1. The highest BCUT2D eigenvalue weighted by molar-refractivity contribution is 5.90. The summed E-state index contributed by atoms with van der Waals surface area (Å²) >= 11 is 0. The fraction of sp³-hybridized carbons (Fsp3) is 0.588. The van der Waals surface area contributed by atoms with Crippen LogP contribution in [0.5, 0.6) is 5.75 Å². The molecule has 3 fully saturated rings. The molecule has 0 radical (unpaired) electrons. The van der Waals surface area contributed by atoms with E-state index in [0.29, 0.717) is 56.1 Å². The lowest BCUT2D eigenvalue weighted by Crippen LogP contribution is -2.81. The smallest absolute Gasteiger partial charge is 0.322 e. The number of H-pyrrole nitrogens is 1. The predicted octanol–water partition coefficient (Wildman–Crippen LogP) is 3.50. The summed E-state index contributed by atoms with van der Waals surface area (Å²) in [4.78, 5) is 47.0. The SMILES string of the molecule is CCC1(O)CC(CCc2cc3c(cc2OC)N(C)C2C(O)(C(=O)NCCCOC(=O)C(C)N)C(O)C4(CC)C=CCN5CCC32C54)C2=C[N+]2(CCc2c(CC(=O)OC)[nH]c3ccccc23)C1. The Morgan fingerprint density at radius 3 is 2.61 bits per heavy atom. The Morgan fingerprint density at radius 1 is 1.09 bits per heavy atom. The highest BCUT2D eigenvalue weighted by atomic mass is 16.5. The molecule has 6 aliphatic rings. The fourth-order valence-electron chi connectivity index (χ4n) is 13.6. The van der Waals surface area contributed by atoms with Crippen molar-refractivity contribution in [3.63, 3.8) is 0 Å². The molecule has 0 bridgehead atoms. The van der Waals surface area contributed by atoms with Gasteiger partial charge in [0.1, 0.15) is 30.0 Å². The van der Waals surface area contributed by atoms with Crippen LogP contribution >= 0.6 is 0 Å². The van der Waals surface area contributed by atoms with E-state index in [1.165, 1.54) is 12.8 Å². The number of aryl methyl sites for hydroxylation is 1. The Labute approximate surface area is 387 Å². The zero-order valence-corrected chi connectivity index (χ0v) is 39.4. The van der Waals surface area contributed by atoms with Crippen LogP contribution in [0, 0.1) is 11.3 Å². The summed E-state index contributed by atoms with van der Waals surface area (Å²) in [5, 5.41) is 41.9. The van der Waals surface area contributed by atoms with Crippen LogP contribution in [-0.4, -0.2) is 144 Å². The molecule has 6 heterocycles. The van der Waals surface area contributed by atoms with E-state index in [9.17, 15) is 29.7 Å². The van der Waals surface area contributed by atoms with Crippen molar-refractivity contribution in [3.05, 3.63) is 82.8 Å². The molecule has 1 spiro atoms. The van der Waals surface area contributed by atoms with Crippen LogP contribution in [0.3, 0.4) is 0 Å². The van der Waals surface area contributed by atoms with Crippen molar-refractivity contribution in [2.45, 2.75) is 119 Å². The second-order valence-corrected chi connectivity index (χ2v) is 20.2. The summed E-state index contributed by atoms with van der Waals surface area (Å²) in [6.07, 6.45) is 10.2. The molecular formula is C51H69N6O9+. The van der Waals surface area contributed by atoms with Gasteiger partial charge in [0.2, 0.25) is 0 Å². The van der Waals surface area contributed by atoms with Gasteiger partial charge in [-0.15, -0.1) is 0 Å². The van der Waals surface area contributed by atoms with Crippen LogP contribution in [0.4, 0.5) is 5.69 Å². The number of quaternary nitrogens is 1. The van der Waals surface area contributed by atoms with Gasteiger partial charge in [-0.2, -0.15) is 0 Å². The molecule has 15 nitrogen and oxygen atoms in total. The number of carbonyl (C=O) groups is 3. The number of para-hydroxylation sites is 1. The molecule has 66 heavy (non-hydrogen) atoms. The average Bonchev–Trinajstić information content (AvgIpc) is 3.59. The third kappa shape index (κ3) is 7.10. The molecule has 2 aromatic carbocycles. The molecule has 5 aliphatic heterocycles. The quantitative estimate of drug-likeness (QED) is 0.0500. The van der Waals surface area contributed by atoms with Crippen molar-refractivity contribution in [3.8, 4) is 5.75 Å². The number of nitrogens with one attached hydrogen (secondary N) is 2. The van der Waals surface area contributed by atoms with E-state index in [-0.39, 0.29) is 37.5 Å². The van der Waals surface area contributed by atoms with Gasteiger partial charge < -0.3 is 50.5 Å². The minimum Gasteiger partial charge on any atom is -0.496 e. The number of fused-ring (bicyclic) bond motifs is 3. The summed E-state index contributed by atoms with van der Waals surface area (Å²) in [6, 6.07) is 10.7. The Balaban J connectivity index is 1.00. The summed E-state index contributed by atoms with van der Waals surface area (Å²) in [6.45, 7) is 8.68. The van der Waals surface area contributed by atoms with Crippen molar-refractivity contribution < 1.29 is 48.4 Å². The van der Waals surface area contributed by atoms with Gasteiger partial charge in [-0.25, -0.2) is 0 Å². The first kappa shape index (κ1) is 46.3. The summed E-state index contributed by atoms with van der Waals surface area (Å²) in [5.74, 6) is -0.624. The maximum atomic E-state index is 14.6. The Morgan fingerprint density at radius 2 is 1.88 bits per heavy atom. The van der Waals surface area contributed by atoms with E-state index >= 15 is 0 Å². The lowest BCUT2D eigenvalue weighted by atomic mass is 9.47. The molecular weight excluding hydrogens is 841 g/mol. The molecule has 7 N–H and O–H groups in total. The summed E-state index contributed by atoms with van der Waals surface area (Å²) < 4.78 is 17.1. The van der Waals surface area contributed by atoms with Gasteiger partial charge in [-0.05, 0) is 87.2 Å². The minimum atomic E-state index is -2.22. The van der Waals surface area contributed by atoms with Crippen molar-refractivity contribution in [1.29, 1.82) is 0 Å². The number of rotatable bonds is 17. The number of benzene rings is 2. The molecule has 15 heteroatoms. The monoisotopic (exact) mass is 910 g/mol. The number of ether oxygens (including phenoxy) is 3. The van der Waals surface area contributed by atoms with Gasteiger partial charge in [-0.3, -0.25) is 23.8 Å². The number of esters is 2. The molecule has 10 unspecified atom stereocenters. The number of hydrogen-bond acceptors (Lipinski definition) is 12. The van der Waals surface area contributed by atoms with Gasteiger partial charge >= 0.3 is 11.9 Å². The fourth-order valence-corrected chi connectivity index (χ4v) is 13.6. The van der Waals surface area contributed by atoms with Crippen molar-refractivity contribution in [2.75, 3.05) is 65.5 Å². The number of nitrogens with zero attached hydrogens (tertiary/aromatic N) is 3. The van der Waals surface area contributed by atoms with E-state index in [2.05, 4.69) is 58.7 Å². The maximum Gasteiger partial charge on any atom is 0.322 e. The van der Waals surface area contributed by atoms with Crippen molar-refractivity contribution in [1.82, 2.24) is 15.2 Å². The Kier molecular flexibility index (Phi) is 12.0. The lowest BCUT2D eigenvalue weighted by molar-refractivity contribution is -0.795. The van der Waals surface area contributed by atoms with E-state index in [1.54, 1.807) is 14.0 Å². The van der Waals surface area contributed by atoms with Crippen LogP contribution in [0.15, 0.2) is 60.4 Å². The lowest BCUT2D eigenvalue weighted by Gasteiger charge is -2.63. The molecule has 2 saturated heterocycles. The van der Waals surface area contributed by atoms with Gasteiger partial charge in [-0.1, -0.05) is 44.2 Å². The first-order valence-electron chi connectivity index (χ1n) is 24.0. The molecule has 10 atom stereocenters. The highest BCUT2D eigenvalue weighted by Crippen LogP contribution is 2.67. The van der Waals surface area contributed by atoms with E-state index in [4.69, 9.17) is 19.9 Å². The van der Waals surface area contributed by atoms with Gasteiger partial charge in [0, 0.05) is 77.7 Å². The third-order valence-corrected chi connectivity index (χ3v) is 16.7. The number of methoxy groups -OCH3 is 2. The molecule has 9 rings (SSSR count). The maximum absolute atomic E-state index is 14.6. The van der Waals surface area contributed by atoms with Crippen LogP contribution in [0.1, 0.15) is 81.7 Å².